The van der Waals surface area contributed by atoms with Gasteiger partial charge in [-0.05, 0) is 36.2 Å². The lowest BCUT2D eigenvalue weighted by atomic mass is 10.1. The fraction of sp³-hybridized carbons (Fsp3) is 0.154. The summed E-state index contributed by atoms with van der Waals surface area (Å²) in [6.07, 6.45) is 5.15. The van der Waals surface area contributed by atoms with Crippen LogP contribution >= 0.6 is 0 Å². The molecule has 0 spiro atoms. The standard InChI is InChI=1S/C13H14N4O/c1-9-7-15-6-4-10(9)8-17-13-11(12(14)18)3-2-5-16-13/h2-7H,8H2,1H3,(H2,14,18)(H,16,17). The number of nitrogens with zero attached hydrogens (tertiary/aromatic N) is 2. The minimum absolute atomic E-state index is 0.393. The summed E-state index contributed by atoms with van der Waals surface area (Å²) in [4.78, 5) is 19.4. The van der Waals surface area contributed by atoms with Crippen molar-refractivity contribution in [2.75, 3.05) is 5.32 Å². The summed E-state index contributed by atoms with van der Waals surface area (Å²) in [5, 5.41) is 3.11. The zero-order chi connectivity index (χ0) is 13.0. The number of nitrogens with one attached hydrogen (secondary N) is 1. The Morgan fingerprint density at radius 1 is 1.39 bits per heavy atom. The van der Waals surface area contributed by atoms with Crippen molar-refractivity contribution < 1.29 is 4.79 Å². The van der Waals surface area contributed by atoms with E-state index in [2.05, 4.69) is 15.3 Å². The highest BCUT2D eigenvalue weighted by atomic mass is 16.1. The maximum atomic E-state index is 11.2. The summed E-state index contributed by atoms with van der Waals surface area (Å²) in [5.74, 6) is 0.0123. The average Bonchev–Trinajstić information content (AvgIpc) is 2.38. The van der Waals surface area contributed by atoms with Gasteiger partial charge in [-0.2, -0.15) is 0 Å². The van der Waals surface area contributed by atoms with Crippen molar-refractivity contribution in [3.63, 3.8) is 0 Å². The Hall–Kier alpha value is -2.43. The van der Waals surface area contributed by atoms with Crippen molar-refractivity contribution in [1.29, 1.82) is 0 Å². The third-order valence-electron chi connectivity index (χ3n) is 2.66. The molecular weight excluding hydrogens is 228 g/mol. The first-order chi connectivity index (χ1) is 8.68. The number of amides is 1. The second-order valence-electron chi connectivity index (χ2n) is 3.92. The predicted octanol–water partition coefficient (Wildman–Crippen LogP) is 1.50. The quantitative estimate of drug-likeness (QED) is 0.851. The summed E-state index contributed by atoms with van der Waals surface area (Å²) in [5.41, 5.74) is 7.86. The minimum atomic E-state index is -0.489. The van der Waals surface area contributed by atoms with Crippen molar-refractivity contribution >= 4 is 11.7 Å². The number of aryl methyl sites for hydroxylation is 1. The zero-order valence-electron chi connectivity index (χ0n) is 10.1. The molecule has 0 unspecified atom stereocenters. The minimum Gasteiger partial charge on any atom is -0.365 e. The van der Waals surface area contributed by atoms with Gasteiger partial charge in [0.25, 0.3) is 5.91 Å². The van der Waals surface area contributed by atoms with Crippen LogP contribution < -0.4 is 11.1 Å². The molecule has 0 bridgehead atoms. The van der Waals surface area contributed by atoms with Crippen molar-refractivity contribution in [2.24, 2.45) is 5.73 Å². The van der Waals surface area contributed by atoms with E-state index >= 15 is 0 Å². The summed E-state index contributed by atoms with van der Waals surface area (Å²) < 4.78 is 0. The second kappa shape index (κ2) is 5.27. The molecule has 3 N–H and O–H groups in total. The Balaban J connectivity index is 2.16. The molecule has 0 aliphatic carbocycles. The number of nitrogens with two attached hydrogens (primary N) is 1. The number of aromatic nitrogens is 2. The number of rotatable bonds is 4. The third kappa shape index (κ3) is 2.63. The number of hydrogen-bond acceptors (Lipinski definition) is 4. The van der Waals surface area contributed by atoms with Gasteiger partial charge in [-0.3, -0.25) is 9.78 Å². The number of anilines is 1. The van der Waals surface area contributed by atoms with Crippen LogP contribution in [0.5, 0.6) is 0 Å². The van der Waals surface area contributed by atoms with Gasteiger partial charge in [0.05, 0.1) is 5.56 Å². The molecule has 5 nitrogen and oxygen atoms in total. The van der Waals surface area contributed by atoms with E-state index < -0.39 is 5.91 Å². The number of carbonyl (C=O) groups is 1. The Morgan fingerprint density at radius 3 is 2.94 bits per heavy atom. The molecule has 0 saturated heterocycles. The van der Waals surface area contributed by atoms with Crippen LogP contribution in [0.25, 0.3) is 0 Å². The molecular formula is C13H14N4O. The average molecular weight is 242 g/mol. The van der Waals surface area contributed by atoms with E-state index in [0.717, 1.165) is 11.1 Å². The van der Waals surface area contributed by atoms with E-state index in [1.807, 2.05) is 13.0 Å². The van der Waals surface area contributed by atoms with Gasteiger partial charge in [0, 0.05) is 25.1 Å². The normalized spacial score (nSPS) is 10.1. The monoisotopic (exact) mass is 242 g/mol. The van der Waals surface area contributed by atoms with Gasteiger partial charge in [0.15, 0.2) is 0 Å². The van der Waals surface area contributed by atoms with Crippen LogP contribution in [-0.2, 0) is 6.54 Å². The highest BCUT2D eigenvalue weighted by Crippen LogP contribution is 2.13. The first kappa shape index (κ1) is 12.0. The predicted molar refractivity (Wildman–Crippen MR) is 69.1 cm³/mol. The van der Waals surface area contributed by atoms with Crippen molar-refractivity contribution in [3.8, 4) is 0 Å². The molecule has 18 heavy (non-hydrogen) atoms. The number of carbonyl (C=O) groups excluding carboxylic acids is 1. The van der Waals surface area contributed by atoms with Crippen LogP contribution in [0, 0.1) is 6.92 Å². The summed E-state index contributed by atoms with van der Waals surface area (Å²) in [6, 6.07) is 5.26. The summed E-state index contributed by atoms with van der Waals surface area (Å²) in [6.45, 7) is 2.56. The topological polar surface area (TPSA) is 80.9 Å². The Kier molecular flexibility index (Phi) is 3.52. The Bertz CT molecular complexity index is 568. The number of primary amides is 1. The first-order valence-corrected chi connectivity index (χ1v) is 5.56. The third-order valence-corrected chi connectivity index (χ3v) is 2.66. The maximum Gasteiger partial charge on any atom is 0.252 e. The molecule has 0 radical (unpaired) electrons. The zero-order valence-corrected chi connectivity index (χ0v) is 10.1. The molecule has 0 aromatic carbocycles. The number of hydrogen-bond donors (Lipinski definition) is 2. The molecule has 2 heterocycles. The van der Waals surface area contributed by atoms with Gasteiger partial charge in [-0.25, -0.2) is 4.98 Å². The lowest BCUT2D eigenvalue weighted by Gasteiger charge is -2.10. The molecule has 1 amide bonds. The fourth-order valence-corrected chi connectivity index (χ4v) is 1.62. The molecule has 2 aromatic heterocycles. The van der Waals surface area contributed by atoms with Gasteiger partial charge in [-0.1, -0.05) is 0 Å². The highest BCUT2D eigenvalue weighted by molar-refractivity contribution is 5.97. The fourth-order valence-electron chi connectivity index (χ4n) is 1.62. The smallest absolute Gasteiger partial charge is 0.252 e. The van der Waals surface area contributed by atoms with E-state index in [1.165, 1.54) is 0 Å². The molecule has 92 valence electrons. The van der Waals surface area contributed by atoms with Crippen molar-refractivity contribution in [2.45, 2.75) is 13.5 Å². The van der Waals surface area contributed by atoms with Gasteiger partial charge in [0.1, 0.15) is 5.82 Å². The van der Waals surface area contributed by atoms with Crippen LogP contribution in [0.4, 0.5) is 5.82 Å². The van der Waals surface area contributed by atoms with Gasteiger partial charge in [0.2, 0.25) is 0 Å². The van der Waals surface area contributed by atoms with Gasteiger partial charge >= 0.3 is 0 Å². The molecule has 2 rings (SSSR count). The first-order valence-electron chi connectivity index (χ1n) is 5.56. The SMILES string of the molecule is Cc1cnccc1CNc1ncccc1C(N)=O. The lowest BCUT2D eigenvalue weighted by Crippen LogP contribution is -2.15. The van der Waals surface area contributed by atoms with Crippen LogP contribution in [0.2, 0.25) is 0 Å². The van der Waals surface area contributed by atoms with Crippen molar-refractivity contribution in [3.05, 3.63) is 53.5 Å². The molecule has 0 aliphatic heterocycles. The lowest BCUT2D eigenvalue weighted by molar-refractivity contribution is 0.100. The second-order valence-corrected chi connectivity index (χ2v) is 3.92. The van der Waals surface area contributed by atoms with Crippen LogP contribution in [-0.4, -0.2) is 15.9 Å². The Morgan fingerprint density at radius 2 is 2.22 bits per heavy atom. The molecule has 0 saturated carbocycles. The van der Waals surface area contributed by atoms with Gasteiger partial charge in [-0.15, -0.1) is 0 Å². The largest absolute Gasteiger partial charge is 0.365 e. The van der Waals surface area contributed by atoms with E-state index in [4.69, 9.17) is 5.73 Å². The van der Waals surface area contributed by atoms with Crippen LogP contribution in [0.15, 0.2) is 36.8 Å². The highest BCUT2D eigenvalue weighted by Gasteiger charge is 2.08. The molecule has 2 aromatic rings. The maximum absolute atomic E-state index is 11.2. The Labute approximate surface area is 105 Å². The van der Waals surface area contributed by atoms with E-state index in [-0.39, 0.29) is 0 Å². The van der Waals surface area contributed by atoms with Gasteiger partial charge < -0.3 is 11.1 Å². The van der Waals surface area contributed by atoms with E-state index in [9.17, 15) is 4.79 Å². The van der Waals surface area contributed by atoms with Crippen LogP contribution in [0.1, 0.15) is 21.5 Å². The molecule has 0 fully saturated rings. The number of pyridine rings is 2. The molecule has 0 aliphatic rings. The van der Waals surface area contributed by atoms with Crippen LogP contribution in [0.3, 0.4) is 0 Å². The van der Waals surface area contributed by atoms with E-state index in [1.54, 1.807) is 30.7 Å². The van der Waals surface area contributed by atoms with E-state index in [0.29, 0.717) is 17.9 Å². The summed E-state index contributed by atoms with van der Waals surface area (Å²) in [7, 11) is 0. The molecule has 5 heteroatoms. The van der Waals surface area contributed by atoms with Crippen molar-refractivity contribution in [1.82, 2.24) is 9.97 Å². The molecule has 0 atom stereocenters. The summed E-state index contributed by atoms with van der Waals surface area (Å²) >= 11 is 0.